The van der Waals surface area contributed by atoms with Crippen LogP contribution in [0.1, 0.15) is 23.2 Å². The molecular weight excluding hydrogens is 280 g/mol. The summed E-state index contributed by atoms with van der Waals surface area (Å²) in [7, 11) is 0. The number of ether oxygens (including phenoxy) is 1. The van der Waals surface area contributed by atoms with Gasteiger partial charge in [-0.1, -0.05) is 6.07 Å². The molecule has 1 amide bonds. The van der Waals surface area contributed by atoms with Gasteiger partial charge in [0.15, 0.2) is 0 Å². The Morgan fingerprint density at radius 2 is 2.00 bits per heavy atom. The Bertz CT molecular complexity index is 523. The molecule has 0 spiro atoms. The molecule has 6 heteroatoms. The second-order valence-corrected chi connectivity index (χ2v) is 5.83. The summed E-state index contributed by atoms with van der Waals surface area (Å²) >= 11 is 0. The van der Waals surface area contributed by atoms with Crippen molar-refractivity contribution in [2.75, 3.05) is 49.6 Å². The lowest BCUT2D eigenvalue weighted by atomic mass is 10.0. The minimum absolute atomic E-state index is 0.330. The first-order valence-corrected chi connectivity index (χ1v) is 7.98. The van der Waals surface area contributed by atoms with Crippen LogP contribution in [0.3, 0.4) is 0 Å². The average Bonchev–Trinajstić information content (AvgIpc) is 2.56. The molecule has 6 nitrogen and oxygen atoms in total. The molecule has 2 saturated heterocycles. The molecule has 3 rings (SSSR count). The highest BCUT2D eigenvalue weighted by atomic mass is 16.5. The maximum Gasteiger partial charge on any atom is 0.250 e. The summed E-state index contributed by atoms with van der Waals surface area (Å²) in [6.45, 7) is 5.31. The normalized spacial score (nSPS) is 19.9. The van der Waals surface area contributed by atoms with Crippen LogP contribution in [0.25, 0.3) is 0 Å². The Hall–Kier alpha value is -1.79. The second kappa shape index (κ2) is 6.98. The van der Waals surface area contributed by atoms with Gasteiger partial charge in [-0.25, -0.2) is 0 Å². The van der Waals surface area contributed by atoms with Crippen molar-refractivity contribution in [2.24, 2.45) is 5.73 Å². The van der Waals surface area contributed by atoms with Crippen molar-refractivity contribution < 1.29 is 9.53 Å². The third-order valence-electron chi connectivity index (χ3n) is 4.34. The third-order valence-corrected chi connectivity index (χ3v) is 4.34. The molecule has 0 aromatic heterocycles. The summed E-state index contributed by atoms with van der Waals surface area (Å²) in [5, 5.41) is 6.91. The van der Waals surface area contributed by atoms with Crippen molar-refractivity contribution >= 4 is 17.3 Å². The Kier molecular flexibility index (Phi) is 4.80. The number of hydrogen-bond acceptors (Lipinski definition) is 5. The first-order valence-electron chi connectivity index (χ1n) is 7.98. The number of carbonyl (C=O) groups excluding carboxylic acids is 1. The molecule has 2 aliphatic rings. The zero-order valence-electron chi connectivity index (χ0n) is 12.8. The minimum Gasteiger partial charge on any atom is -0.381 e. The lowest BCUT2D eigenvalue weighted by molar-refractivity contribution is 0.0904. The predicted octanol–water partition coefficient (Wildman–Crippen LogP) is 0.786. The van der Waals surface area contributed by atoms with E-state index in [0.717, 1.165) is 63.6 Å². The molecule has 0 unspecified atom stereocenters. The van der Waals surface area contributed by atoms with E-state index in [0.29, 0.717) is 11.6 Å². The van der Waals surface area contributed by atoms with E-state index < -0.39 is 0 Å². The van der Waals surface area contributed by atoms with Gasteiger partial charge in [0.1, 0.15) is 0 Å². The van der Waals surface area contributed by atoms with Crippen LogP contribution in [0.15, 0.2) is 18.2 Å². The molecular formula is C16H24N4O2. The lowest BCUT2D eigenvalue weighted by Gasteiger charge is -2.33. The topological polar surface area (TPSA) is 79.6 Å². The van der Waals surface area contributed by atoms with Crippen LogP contribution in [0, 0.1) is 0 Å². The fourth-order valence-electron chi connectivity index (χ4n) is 3.11. The maximum absolute atomic E-state index is 11.8. The standard InChI is InChI=1S/C16H24N4O2/c17-16(21)13-2-1-3-14(20-8-6-18-7-9-20)15(13)19-12-4-10-22-11-5-12/h1-3,12,18-19H,4-11H2,(H2,17,21). The summed E-state index contributed by atoms with van der Waals surface area (Å²) < 4.78 is 5.41. The quantitative estimate of drug-likeness (QED) is 0.766. The smallest absolute Gasteiger partial charge is 0.250 e. The molecule has 0 atom stereocenters. The van der Waals surface area contributed by atoms with Gasteiger partial charge in [-0.05, 0) is 25.0 Å². The highest BCUT2D eigenvalue weighted by Gasteiger charge is 2.22. The third kappa shape index (κ3) is 3.34. The van der Waals surface area contributed by atoms with Crippen LogP contribution in [-0.4, -0.2) is 51.3 Å². The van der Waals surface area contributed by atoms with E-state index in [1.54, 1.807) is 6.07 Å². The number of nitrogens with one attached hydrogen (secondary N) is 2. The molecule has 1 aromatic carbocycles. The van der Waals surface area contributed by atoms with Crippen molar-refractivity contribution in [3.05, 3.63) is 23.8 Å². The van der Waals surface area contributed by atoms with E-state index in [1.165, 1.54) is 0 Å². The number of hydrogen-bond donors (Lipinski definition) is 3. The number of primary amides is 1. The van der Waals surface area contributed by atoms with Crippen LogP contribution in [-0.2, 0) is 4.74 Å². The van der Waals surface area contributed by atoms with Crippen LogP contribution in [0.4, 0.5) is 11.4 Å². The van der Waals surface area contributed by atoms with Crippen molar-refractivity contribution in [1.29, 1.82) is 0 Å². The predicted molar refractivity (Wildman–Crippen MR) is 87.5 cm³/mol. The van der Waals surface area contributed by atoms with Crippen LogP contribution in [0.5, 0.6) is 0 Å². The molecule has 0 bridgehead atoms. The maximum atomic E-state index is 11.8. The number of anilines is 2. The summed E-state index contributed by atoms with van der Waals surface area (Å²) in [4.78, 5) is 14.1. The number of amides is 1. The van der Waals surface area contributed by atoms with Crippen LogP contribution in [0.2, 0.25) is 0 Å². The summed E-state index contributed by atoms with van der Waals surface area (Å²) in [5.74, 6) is -0.383. The fraction of sp³-hybridized carbons (Fsp3) is 0.562. The monoisotopic (exact) mass is 304 g/mol. The van der Waals surface area contributed by atoms with Crippen molar-refractivity contribution in [3.63, 3.8) is 0 Å². The molecule has 1 aromatic rings. The van der Waals surface area contributed by atoms with Crippen LogP contribution < -0.4 is 21.3 Å². The van der Waals surface area contributed by atoms with Crippen molar-refractivity contribution in [2.45, 2.75) is 18.9 Å². The van der Waals surface area contributed by atoms with Gasteiger partial charge in [-0.15, -0.1) is 0 Å². The molecule has 120 valence electrons. The van der Waals surface area contributed by atoms with Gasteiger partial charge in [-0.2, -0.15) is 0 Å². The van der Waals surface area contributed by atoms with E-state index in [9.17, 15) is 4.79 Å². The Morgan fingerprint density at radius 1 is 1.27 bits per heavy atom. The number of para-hydroxylation sites is 1. The molecule has 2 aliphatic heterocycles. The van der Waals surface area contributed by atoms with E-state index in [-0.39, 0.29) is 5.91 Å². The first-order chi connectivity index (χ1) is 10.8. The number of piperazine rings is 1. The molecule has 0 saturated carbocycles. The minimum atomic E-state index is -0.383. The first kappa shape index (κ1) is 15.1. The summed E-state index contributed by atoms with van der Waals surface area (Å²) in [5.41, 5.74) is 8.11. The highest BCUT2D eigenvalue weighted by Crippen LogP contribution is 2.31. The zero-order chi connectivity index (χ0) is 15.4. The molecule has 22 heavy (non-hydrogen) atoms. The van der Waals surface area contributed by atoms with Crippen LogP contribution >= 0.6 is 0 Å². The number of nitrogens with two attached hydrogens (primary N) is 1. The number of carbonyl (C=O) groups is 1. The number of nitrogens with zero attached hydrogens (tertiary/aromatic N) is 1. The molecule has 2 heterocycles. The van der Waals surface area contributed by atoms with Gasteiger partial charge in [0.05, 0.1) is 16.9 Å². The highest BCUT2D eigenvalue weighted by molar-refractivity contribution is 6.01. The lowest BCUT2D eigenvalue weighted by Crippen LogP contribution is -2.44. The number of rotatable bonds is 4. The van der Waals surface area contributed by atoms with Gasteiger partial charge in [0.2, 0.25) is 0 Å². The van der Waals surface area contributed by atoms with E-state index in [4.69, 9.17) is 10.5 Å². The van der Waals surface area contributed by atoms with E-state index in [2.05, 4.69) is 21.6 Å². The van der Waals surface area contributed by atoms with Gasteiger partial charge in [0.25, 0.3) is 5.91 Å². The molecule has 2 fully saturated rings. The molecule has 4 N–H and O–H groups in total. The van der Waals surface area contributed by atoms with Gasteiger partial charge >= 0.3 is 0 Å². The molecule has 0 radical (unpaired) electrons. The average molecular weight is 304 g/mol. The Balaban J connectivity index is 1.90. The van der Waals surface area contributed by atoms with E-state index in [1.807, 2.05) is 6.07 Å². The van der Waals surface area contributed by atoms with Crippen molar-refractivity contribution in [3.8, 4) is 0 Å². The van der Waals surface area contributed by atoms with Crippen molar-refractivity contribution in [1.82, 2.24) is 5.32 Å². The van der Waals surface area contributed by atoms with E-state index >= 15 is 0 Å². The summed E-state index contributed by atoms with van der Waals surface area (Å²) in [6.07, 6.45) is 1.90. The summed E-state index contributed by atoms with van der Waals surface area (Å²) in [6, 6.07) is 6.11. The van der Waals surface area contributed by atoms with Gasteiger partial charge in [0, 0.05) is 45.4 Å². The van der Waals surface area contributed by atoms with Gasteiger partial charge in [-0.3, -0.25) is 4.79 Å². The SMILES string of the molecule is NC(=O)c1cccc(N2CCNCC2)c1NC1CCOCC1. The fourth-order valence-corrected chi connectivity index (χ4v) is 3.11. The zero-order valence-corrected chi connectivity index (χ0v) is 12.8. The Morgan fingerprint density at radius 3 is 2.68 bits per heavy atom. The number of benzene rings is 1. The second-order valence-electron chi connectivity index (χ2n) is 5.83. The Labute approximate surface area is 131 Å². The largest absolute Gasteiger partial charge is 0.381 e. The molecule has 0 aliphatic carbocycles. The van der Waals surface area contributed by atoms with Gasteiger partial charge < -0.3 is 26.0 Å².